The highest BCUT2D eigenvalue weighted by molar-refractivity contribution is 5.98. The molecule has 0 saturated heterocycles. The summed E-state index contributed by atoms with van der Waals surface area (Å²) < 4.78 is 20.9. The molecule has 2 atom stereocenters. The molecule has 1 aromatic carbocycles. The minimum atomic E-state index is -0.401. The summed E-state index contributed by atoms with van der Waals surface area (Å²) in [6.07, 6.45) is 7.26. The van der Waals surface area contributed by atoms with Gasteiger partial charge in [-0.2, -0.15) is 5.10 Å². The zero-order valence-corrected chi connectivity index (χ0v) is 20.1. The van der Waals surface area contributed by atoms with Gasteiger partial charge in [-0.25, -0.2) is 14.1 Å². The van der Waals surface area contributed by atoms with E-state index in [0.717, 1.165) is 36.7 Å². The standard InChI is InChI=1S/C26H33FN4O2/c1-6-13-26(4,18-33-24-12-10-20(27)17-28-24)23(7-2)30(5)25(32)21-16-19(3)9-11-22(21)31-15-8-14-29-31/h8-12,14-17,23H,6-7,13,18H2,1-5H3. The van der Waals surface area contributed by atoms with Gasteiger partial charge in [-0.05, 0) is 44.0 Å². The van der Waals surface area contributed by atoms with Crippen LogP contribution in [0.5, 0.6) is 5.88 Å². The molecular formula is C26H33FN4O2. The molecule has 0 bridgehead atoms. The first-order chi connectivity index (χ1) is 15.8. The summed E-state index contributed by atoms with van der Waals surface area (Å²) in [5.74, 6) is -0.0814. The molecule has 6 nitrogen and oxygen atoms in total. The van der Waals surface area contributed by atoms with E-state index in [0.29, 0.717) is 18.1 Å². The van der Waals surface area contributed by atoms with Gasteiger partial charge in [-0.15, -0.1) is 0 Å². The Hall–Kier alpha value is -3.22. The zero-order valence-electron chi connectivity index (χ0n) is 20.1. The number of aryl methyl sites for hydroxylation is 1. The number of carbonyl (C=O) groups is 1. The first-order valence-corrected chi connectivity index (χ1v) is 11.4. The fourth-order valence-corrected chi connectivity index (χ4v) is 4.59. The minimum absolute atomic E-state index is 0.0571. The van der Waals surface area contributed by atoms with E-state index in [1.165, 1.54) is 12.1 Å². The number of ether oxygens (including phenoxy) is 1. The first kappa shape index (κ1) is 24.4. The normalized spacial score (nSPS) is 13.9. The third-order valence-electron chi connectivity index (χ3n) is 6.18. The molecule has 0 fully saturated rings. The van der Waals surface area contributed by atoms with E-state index in [1.54, 1.807) is 10.9 Å². The number of carbonyl (C=O) groups excluding carboxylic acids is 1. The van der Waals surface area contributed by atoms with Crippen LogP contribution in [0, 0.1) is 18.2 Å². The molecule has 33 heavy (non-hydrogen) atoms. The molecule has 0 aliphatic carbocycles. The van der Waals surface area contributed by atoms with Gasteiger partial charge in [0.2, 0.25) is 5.88 Å². The van der Waals surface area contributed by atoms with E-state index < -0.39 is 5.82 Å². The van der Waals surface area contributed by atoms with E-state index in [4.69, 9.17) is 4.74 Å². The van der Waals surface area contributed by atoms with Crippen molar-refractivity contribution in [2.45, 2.75) is 53.0 Å². The van der Waals surface area contributed by atoms with Crippen LogP contribution in [0.2, 0.25) is 0 Å². The largest absolute Gasteiger partial charge is 0.477 e. The second-order valence-electron chi connectivity index (χ2n) is 8.82. The Morgan fingerprint density at radius 1 is 1.27 bits per heavy atom. The number of pyridine rings is 1. The molecule has 2 aromatic heterocycles. The van der Waals surface area contributed by atoms with E-state index in [-0.39, 0.29) is 17.4 Å². The summed E-state index contributed by atoms with van der Waals surface area (Å²) in [7, 11) is 1.86. The highest BCUT2D eigenvalue weighted by Crippen LogP contribution is 2.34. The molecule has 176 valence electrons. The summed E-state index contributed by atoms with van der Waals surface area (Å²) in [6, 6.07) is 10.5. The number of hydrogen-bond donors (Lipinski definition) is 0. The zero-order chi connectivity index (χ0) is 24.0. The predicted molar refractivity (Wildman–Crippen MR) is 127 cm³/mol. The summed E-state index contributed by atoms with van der Waals surface area (Å²) >= 11 is 0. The lowest BCUT2D eigenvalue weighted by Gasteiger charge is -2.42. The SMILES string of the molecule is CCCC(C)(COc1ccc(F)cn1)C(CC)N(C)C(=O)c1cc(C)ccc1-n1cccn1. The van der Waals surface area contributed by atoms with E-state index >= 15 is 0 Å². The number of halogens is 1. The summed E-state index contributed by atoms with van der Waals surface area (Å²) in [5.41, 5.74) is 2.05. The molecule has 0 aliphatic heterocycles. The maximum atomic E-state index is 13.8. The van der Waals surface area contributed by atoms with Crippen molar-refractivity contribution in [2.75, 3.05) is 13.7 Å². The van der Waals surface area contributed by atoms with E-state index in [2.05, 4.69) is 30.9 Å². The van der Waals surface area contributed by atoms with Crippen LogP contribution in [0.1, 0.15) is 56.0 Å². The van der Waals surface area contributed by atoms with Crippen molar-refractivity contribution in [3.63, 3.8) is 0 Å². The molecule has 2 heterocycles. The Balaban J connectivity index is 1.89. The molecule has 1 amide bonds. The van der Waals surface area contributed by atoms with Crippen LogP contribution in [0.25, 0.3) is 5.69 Å². The third kappa shape index (κ3) is 5.59. The Kier molecular flexibility index (Phi) is 7.84. The second-order valence-corrected chi connectivity index (χ2v) is 8.82. The molecule has 3 aromatic rings. The van der Waals surface area contributed by atoms with Gasteiger partial charge >= 0.3 is 0 Å². The van der Waals surface area contributed by atoms with E-state index in [9.17, 15) is 9.18 Å². The number of hydrogen-bond acceptors (Lipinski definition) is 4. The van der Waals surface area contributed by atoms with Gasteiger partial charge in [0.05, 0.1) is 24.1 Å². The lowest BCUT2D eigenvalue weighted by molar-refractivity contribution is 0.0294. The van der Waals surface area contributed by atoms with Gasteiger partial charge in [-0.1, -0.05) is 38.8 Å². The van der Waals surface area contributed by atoms with Gasteiger partial charge in [-0.3, -0.25) is 4.79 Å². The van der Waals surface area contributed by atoms with Gasteiger partial charge in [0.1, 0.15) is 5.82 Å². The molecule has 0 spiro atoms. The van der Waals surface area contributed by atoms with Crippen molar-refractivity contribution in [1.29, 1.82) is 0 Å². The highest BCUT2D eigenvalue weighted by Gasteiger charge is 2.38. The van der Waals surface area contributed by atoms with Gasteiger partial charge in [0.25, 0.3) is 5.91 Å². The van der Waals surface area contributed by atoms with Crippen LogP contribution in [-0.4, -0.2) is 45.3 Å². The monoisotopic (exact) mass is 452 g/mol. The molecular weight excluding hydrogens is 419 g/mol. The van der Waals surface area contributed by atoms with E-state index in [1.807, 2.05) is 49.3 Å². The summed E-state index contributed by atoms with van der Waals surface area (Å²) in [6.45, 7) is 8.70. The topological polar surface area (TPSA) is 60.2 Å². The Labute approximate surface area is 195 Å². The molecule has 0 radical (unpaired) electrons. The van der Waals surface area contributed by atoms with Gasteiger partial charge < -0.3 is 9.64 Å². The number of amides is 1. The summed E-state index contributed by atoms with van der Waals surface area (Å²) in [4.78, 5) is 19.6. The van der Waals surface area contributed by atoms with Crippen molar-refractivity contribution in [3.05, 3.63) is 71.9 Å². The van der Waals surface area contributed by atoms with Crippen molar-refractivity contribution in [1.82, 2.24) is 19.7 Å². The minimum Gasteiger partial charge on any atom is -0.477 e. The van der Waals surface area contributed by atoms with Crippen molar-refractivity contribution < 1.29 is 13.9 Å². The van der Waals surface area contributed by atoms with Gasteiger partial charge in [0.15, 0.2) is 0 Å². The first-order valence-electron chi connectivity index (χ1n) is 11.4. The average molecular weight is 453 g/mol. The summed E-state index contributed by atoms with van der Waals surface area (Å²) in [5, 5.41) is 4.32. The maximum Gasteiger partial charge on any atom is 0.256 e. The number of nitrogens with zero attached hydrogens (tertiary/aromatic N) is 4. The fraction of sp³-hybridized carbons (Fsp3) is 0.423. The Morgan fingerprint density at radius 3 is 2.67 bits per heavy atom. The molecule has 0 N–H and O–H groups in total. The number of rotatable bonds is 10. The van der Waals surface area contributed by atoms with Crippen LogP contribution in [0.4, 0.5) is 4.39 Å². The van der Waals surface area contributed by atoms with Crippen molar-refractivity contribution >= 4 is 5.91 Å². The second kappa shape index (κ2) is 10.6. The maximum absolute atomic E-state index is 13.8. The molecule has 2 unspecified atom stereocenters. The fourth-order valence-electron chi connectivity index (χ4n) is 4.59. The Bertz CT molecular complexity index is 1050. The average Bonchev–Trinajstić information content (AvgIpc) is 3.33. The van der Waals surface area contributed by atoms with Crippen LogP contribution < -0.4 is 4.74 Å². The smallest absolute Gasteiger partial charge is 0.256 e. The van der Waals surface area contributed by atoms with Crippen molar-refractivity contribution in [2.24, 2.45) is 5.41 Å². The lowest BCUT2D eigenvalue weighted by atomic mass is 9.77. The van der Waals surface area contributed by atoms with Crippen LogP contribution >= 0.6 is 0 Å². The van der Waals surface area contributed by atoms with Crippen LogP contribution in [0.15, 0.2) is 55.0 Å². The highest BCUT2D eigenvalue weighted by atomic mass is 19.1. The number of benzene rings is 1. The number of aromatic nitrogens is 3. The Morgan fingerprint density at radius 2 is 2.06 bits per heavy atom. The molecule has 3 rings (SSSR count). The molecule has 7 heteroatoms. The molecule has 0 aliphatic rings. The van der Waals surface area contributed by atoms with Crippen molar-refractivity contribution in [3.8, 4) is 11.6 Å². The quantitative estimate of drug-likeness (QED) is 0.410. The van der Waals surface area contributed by atoms with Gasteiger partial charge in [0, 0.05) is 37.0 Å². The predicted octanol–water partition coefficient (Wildman–Crippen LogP) is 5.45. The third-order valence-corrected chi connectivity index (χ3v) is 6.18. The molecule has 0 saturated carbocycles. The van der Waals surface area contributed by atoms with Crippen LogP contribution in [-0.2, 0) is 0 Å². The van der Waals surface area contributed by atoms with Crippen LogP contribution in [0.3, 0.4) is 0 Å². The lowest BCUT2D eigenvalue weighted by Crippen LogP contribution is -2.50.